The third-order valence-electron chi connectivity index (χ3n) is 1.82. The van der Waals surface area contributed by atoms with E-state index in [1.165, 1.54) is 0 Å². The largest absolute Gasteiger partial charge is 0.508 e. The highest BCUT2D eigenvalue weighted by Crippen LogP contribution is 2.17. The SMILES string of the molecule is C[C@@H](O)CCc1ccccc1O. The highest BCUT2D eigenvalue weighted by Gasteiger charge is 2.01. The molecular formula is C10H14O2. The molecule has 0 aliphatic carbocycles. The zero-order valence-corrected chi connectivity index (χ0v) is 7.20. The molecule has 2 heteroatoms. The third kappa shape index (κ3) is 2.55. The standard InChI is InChI=1S/C10H14O2/c1-8(11)6-7-9-4-2-3-5-10(9)12/h2-5,8,11-12H,6-7H2,1H3/t8-/m1/s1. The molecular weight excluding hydrogens is 152 g/mol. The quantitative estimate of drug-likeness (QED) is 0.717. The van der Waals surface area contributed by atoms with Gasteiger partial charge in [-0.25, -0.2) is 0 Å². The molecule has 66 valence electrons. The molecule has 0 unspecified atom stereocenters. The van der Waals surface area contributed by atoms with Crippen LogP contribution in [0.25, 0.3) is 0 Å². The Balaban J connectivity index is 2.57. The normalized spacial score (nSPS) is 12.8. The average molecular weight is 166 g/mol. The van der Waals surface area contributed by atoms with E-state index in [0.717, 1.165) is 12.0 Å². The lowest BCUT2D eigenvalue weighted by molar-refractivity contribution is 0.184. The van der Waals surface area contributed by atoms with Gasteiger partial charge in [-0.05, 0) is 31.4 Å². The maximum Gasteiger partial charge on any atom is 0.118 e. The fourth-order valence-electron chi connectivity index (χ4n) is 1.09. The van der Waals surface area contributed by atoms with Gasteiger partial charge >= 0.3 is 0 Å². The number of aliphatic hydroxyl groups is 1. The van der Waals surface area contributed by atoms with Crippen LogP contribution in [0.3, 0.4) is 0 Å². The fourth-order valence-corrected chi connectivity index (χ4v) is 1.09. The Labute approximate surface area is 72.5 Å². The van der Waals surface area contributed by atoms with Crippen LogP contribution in [-0.2, 0) is 6.42 Å². The zero-order chi connectivity index (χ0) is 8.97. The van der Waals surface area contributed by atoms with Crippen LogP contribution in [0.1, 0.15) is 18.9 Å². The number of aliphatic hydroxyl groups excluding tert-OH is 1. The van der Waals surface area contributed by atoms with Crippen molar-refractivity contribution in [2.75, 3.05) is 0 Å². The second-order valence-corrected chi connectivity index (χ2v) is 3.02. The van der Waals surface area contributed by atoms with E-state index in [1.807, 2.05) is 12.1 Å². The monoisotopic (exact) mass is 166 g/mol. The van der Waals surface area contributed by atoms with Gasteiger partial charge in [0.15, 0.2) is 0 Å². The van der Waals surface area contributed by atoms with Crippen molar-refractivity contribution in [2.45, 2.75) is 25.9 Å². The molecule has 12 heavy (non-hydrogen) atoms. The molecule has 0 heterocycles. The van der Waals surface area contributed by atoms with Gasteiger partial charge in [-0.2, -0.15) is 0 Å². The minimum absolute atomic E-state index is 0.301. The first-order valence-corrected chi connectivity index (χ1v) is 4.15. The van der Waals surface area contributed by atoms with Crippen molar-refractivity contribution in [3.05, 3.63) is 29.8 Å². The van der Waals surface area contributed by atoms with E-state index in [1.54, 1.807) is 19.1 Å². The van der Waals surface area contributed by atoms with Crippen LogP contribution in [0.4, 0.5) is 0 Å². The minimum Gasteiger partial charge on any atom is -0.508 e. The summed E-state index contributed by atoms with van der Waals surface area (Å²) >= 11 is 0. The number of para-hydroxylation sites is 1. The van der Waals surface area contributed by atoms with Crippen molar-refractivity contribution >= 4 is 0 Å². The number of aromatic hydroxyl groups is 1. The van der Waals surface area contributed by atoms with E-state index in [9.17, 15) is 5.11 Å². The first kappa shape index (κ1) is 9.07. The molecule has 1 rings (SSSR count). The van der Waals surface area contributed by atoms with E-state index >= 15 is 0 Å². The first-order valence-electron chi connectivity index (χ1n) is 4.15. The van der Waals surface area contributed by atoms with Gasteiger partial charge < -0.3 is 10.2 Å². The molecule has 0 fully saturated rings. The van der Waals surface area contributed by atoms with Gasteiger partial charge in [0.05, 0.1) is 6.10 Å². The molecule has 0 aliphatic rings. The van der Waals surface area contributed by atoms with Crippen LogP contribution in [0, 0.1) is 0 Å². The number of benzene rings is 1. The second-order valence-electron chi connectivity index (χ2n) is 3.02. The lowest BCUT2D eigenvalue weighted by atomic mass is 10.1. The van der Waals surface area contributed by atoms with Gasteiger partial charge in [-0.15, -0.1) is 0 Å². The van der Waals surface area contributed by atoms with Crippen LogP contribution in [0.2, 0.25) is 0 Å². The molecule has 1 aromatic carbocycles. The molecule has 1 aromatic rings. The molecule has 2 N–H and O–H groups in total. The fraction of sp³-hybridized carbons (Fsp3) is 0.400. The van der Waals surface area contributed by atoms with Gasteiger partial charge in [0.25, 0.3) is 0 Å². The van der Waals surface area contributed by atoms with Crippen molar-refractivity contribution in [1.82, 2.24) is 0 Å². The van der Waals surface area contributed by atoms with E-state index < -0.39 is 0 Å². The number of hydrogen-bond acceptors (Lipinski definition) is 2. The molecule has 0 radical (unpaired) electrons. The van der Waals surface area contributed by atoms with Crippen molar-refractivity contribution in [3.8, 4) is 5.75 Å². The number of aryl methyl sites for hydroxylation is 1. The average Bonchev–Trinajstić information content (AvgIpc) is 2.03. The van der Waals surface area contributed by atoms with E-state index in [2.05, 4.69) is 0 Å². The Morgan fingerprint density at radius 1 is 1.33 bits per heavy atom. The van der Waals surface area contributed by atoms with Crippen LogP contribution in [0.15, 0.2) is 24.3 Å². The summed E-state index contributed by atoms with van der Waals surface area (Å²) in [5.41, 5.74) is 0.901. The Kier molecular flexibility index (Phi) is 3.11. The number of rotatable bonds is 3. The summed E-state index contributed by atoms with van der Waals surface area (Å²) in [6, 6.07) is 7.22. The Morgan fingerprint density at radius 2 is 2.00 bits per heavy atom. The highest BCUT2D eigenvalue weighted by atomic mass is 16.3. The molecule has 0 saturated heterocycles. The predicted octanol–water partition coefficient (Wildman–Crippen LogP) is 1.71. The van der Waals surface area contributed by atoms with Gasteiger partial charge in [0, 0.05) is 0 Å². The van der Waals surface area contributed by atoms with Crippen molar-refractivity contribution in [1.29, 1.82) is 0 Å². The van der Waals surface area contributed by atoms with Gasteiger partial charge in [-0.3, -0.25) is 0 Å². The third-order valence-corrected chi connectivity index (χ3v) is 1.82. The predicted molar refractivity (Wildman–Crippen MR) is 48.1 cm³/mol. The second kappa shape index (κ2) is 4.12. The summed E-state index contributed by atoms with van der Waals surface area (Å²) in [6.07, 6.45) is 1.12. The summed E-state index contributed by atoms with van der Waals surface area (Å²) in [5, 5.41) is 18.4. The summed E-state index contributed by atoms with van der Waals surface area (Å²) in [5.74, 6) is 0.318. The van der Waals surface area contributed by atoms with E-state index in [0.29, 0.717) is 12.2 Å². The van der Waals surface area contributed by atoms with Crippen LogP contribution in [0.5, 0.6) is 5.75 Å². The molecule has 1 atom stereocenters. The Morgan fingerprint density at radius 3 is 2.58 bits per heavy atom. The maximum absolute atomic E-state index is 9.34. The van der Waals surface area contributed by atoms with Crippen molar-refractivity contribution in [3.63, 3.8) is 0 Å². The maximum atomic E-state index is 9.34. The lowest BCUT2D eigenvalue weighted by Crippen LogP contribution is -2.01. The minimum atomic E-state index is -0.301. The van der Waals surface area contributed by atoms with E-state index in [-0.39, 0.29) is 6.10 Å². The molecule has 0 saturated carbocycles. The van der Waals surface area contributed by atoms with Gasteiger partial charge in [0.2, 0.25) is 0 Å². The van der Waals surface area contributed by atoms with E-state index in [4.69, 9.17) is 5.11 Å². The number of phenolic OH excluding ortho intramolecular Hbond substituents is 1. The van der Waals surface area contributed by atoms with Crippen LogP contribution < -0.4 is 0 Å². The molecule has 0 aliphatic heterocycles. The smallest absolute Gasteiger partial charge is 0.118 e. The molecule has 0 aromatic heterocycles. The molecule has 0 spiro atoms. The summed E-state index contributed by atoms with van der Waals surface area (Å²) in [6.45, 7) is 1.75. The lowest BCUT2D eigenvalue weighted by Gasteiger charge is -2.05. The molecule has 0 amide bonds. The van der Waals surface area contributed by atoms with Crippen LogP contribution >= 0.6 is 0 Å². The molecule has 0 bridgehead atoms. The summed E-state index contributed by atoms with van der Waals surface area (Å²) in [7, 11) is 0. The number of phenols is 1. The van der Waals surface area contributed by atoms with Crippen molar-refractivity contribution in [2.24, 2.45) is 0 Å². The van der Waals surface area contributed by atoms with Crippen LogP contribution in [-0.4, -0.2) is 16.3 Å². The zero-order valence-electron chi connectivity index (χ0n) is 7.20. The summed E-state index contributed by atoms with van der Waals surface area (Å²) in [4.78, 5) is 0. The topological polar surface area (TPSA) is 40.5 Å². The highest BCUT2D eigenvalue weighted by molar-refractivity contribution is 5.31. The van der Waals surface area contributed by atoms with Crippen molar-refractivity contribution < 1.29 is 10.2 Å². The van der Waals surface area contributed by atoms with Gasteiger partial charge in [-0.1, -0.05) is 18.2 Å². The Hall–Kier alpha value is -1.02. The Bertz CT molecular complexity index is 243. The first-order chi connectivity index (χ1) is 5.70. The summed E-state index contributed by atoms with van der Waals surface area (Å²) < 4.78 is 0. The van der Waals surface area contributed by atoms with Gasteiger partial charge in [0.1, 0.15) is 5.75 Å². The number of hydrogen-bond donors (Lipinski definition) is 2. The molecule has 2 nitrogen and oxygen atoms in total.